The number of carbonyl (C=O) groups excluding carboxylic acids is 1. The maximum Gasteiger partial charge on any atom is 0.417 e. The van der Waals surface area contributed by atoms with Gasteiger partial charge in [0.05, 0.1) is 15.6 Å². The van der Waals surface area contributed by atoms with E-state index in [1.807, 2.05) is 0 Å². The van der Waals surface area contributed by atoms with Gasteiger partial charge in [0.25, 0.3) is 0 Å². The topological polar surface area (TPSA) is 62.5 Å². The Morgan fingerprint density at radius 3 is 2.38 bits per heavy atom. The van der Waals surface area contributed by atoms with Crippen molar-refractivity contribution in [2.24, 2.45) is 5.11 Å². The molecule has 0 saturated carbocycles. The van der Waals surface area contributed by atoms with Crippen molar-refractivity contribution < 1.29 is 22.7 Å². The van der Waals surface area contributed by atoms with Crippen LogP contribution < -0.4 is 4.74 Å². The summed E-state index contributed by atoms with van der Waals surface area (Å²) < 4.78 is 42.9. The summed E-state index contributed by atoms with van der Waals surface area (Å²) in [4.78, 5) is 11.7. The number of benzene rings is 1. The number of nitrogens with zero attached hydrogens (tertiary/aromatic N) is 1. The summed E-state index contributed by atoms with van der Waals surface area (Å²) in [6.45, 7) is 1.58. The molecule has 0 aromatic heterocycles. The number of halogens is 6. The molecule has 1 atom stereocenters. The third-order valence-electron chi connectivity index (χ3n) is 2.44. The van der Waals surface area contributed by atoms with Gasteiger partial charge >= 0.3 is 12.1 Å². The molecule has 4 nitrogen and oxygen atoms in total. The van der Waals surface area contributed by atoms with E-state index in [2.05, 4.69) is 5.11 Å². The minimum Gasteiger partial charge on any atom is -0.422 e. The second-order valence-electron chi connectivity index (χ2n) is 3.84. The third kappa shape index (κ3) is 3.99. The lowest BCUT2D eigenvalue weighted by molar-refractivity contribution is -0.137. The molecule has 0 aliphatic carbocycles. The lowest BCUT2D eigenvalue weighted by atomic mass is 10.2. The molecule has 21 heavy (non-hydrogen) atoms. The van der Waals surface area contributed by atoms with Crippen molar-refractivity contribution in [3.63, 3.8) is 0 Å². The monoisotopic (exact) mass is 362 g/mol. The van der Waals surface area contributed by atoms with E-state index in [0.717, 1.165) is 0 Å². The molecular formula is C11H8Cl3F3N2O2. The first-order chi connectivity index (χ1) is 9.63. The van der Waals surface area contributed by atoms with E-state index in [9.17, 15) is 18.0 Å². The number of alkyl halides is 3. The van der Waals surface area contributed by atoms with Crippen molar-refractivity contribution in [1.29, 1.82) is 5.53 Å². The van der Waals surface area contributed by atoms with Gasteiger partial charge in [-0.3, -0.25) is 0 Å². The first-order valence-corrected chi connectivity index (χ1v) is 6.59. The molecule has 116 valence electrons. The fourth-order valence-electron chi connectivity index (χ4n) is 1.36. The van der Waals surface area contributed by atoms with Crippen LogP contribution in [-0.2, 0) is 11.0 Å². The highest BCUT2D eigenvalue weighted by Crippen LogP contribution is 2.46. The Morgan fingerprint density at radius 1 is 1.38 bits per heavy atom. The molecule has 0 amide bonds. The molecule has 0 aliphatic heterocycles. The molecule has 0 spiro atoms. The molecule has 0 bridgehead atoms. The largest absolute Gasteiger partial charge is 0.422 e. The summed E-state index contributed by atoms with van der Waals surface area (Å²) in [6.07, 6.45) is -4.58. The number of hydrogen-bond acceptors (Lipinski definition) is 4. The van der Waals surface area contributed by atoms with Gasteiger partial charge in [-0.15, -0.1) is 0 Å². The van der Waals surface area contributed by atoms with Gasteiger partial charge in [0.2, 0.25) is 0 Å². The van der Waals surface area contributed by atoms with Crippen LogP contribution >= 0.6 is 34.8 Å². The number of nitrogens with one attached hydrogen (secondary N) is 1. The van der Waals surface area contributed by atoms with Crippen molar-refractivity contribution in [3.8, 4) is 5.75 Å². The highest BCUT2D eigenvalue weighted by atomic mass is 35.5. The van der Waals surface area contributed by atoms with Gasteiger partial charge in [-0.1, -0.05) is 41.7 Å². The Labute approximate surface area is 132 Å². The summed E-state index contributed by atoms with van der Waals surface area (Å²) in [5.41, 5.74) is 5.57. The smallest absolute Gasteiger partial charge is 0.417 e. The second-order valence-corrected chi connectivity index (χ2v) is 5.00. The quantitative estimate of drug-likeness (QED) is 0.338. The van der Waals surface area contributed by atoms with E-state index >= 15 is 0 Å². The van der Waals surface area contributed by atoms with Crippen LogP contribution in [0.25, 0.3) is 0 Å². The van der Waals surface area contributed by atoms with Crippen molar-refractivity contribution in [1.82, 2.24) is 0 Å². The summed E-state index contributed by atoms with van der Waals surface area (Å²) in [6, 6.07) is -0.588. The van der Waals surface area contributed by atoms with Crippen LogP contribution in [0.1, 0.15) is 18.9 Å². The van der Waals surface area contributed by atoms with E-state index < -0.39 is 44.6 Å². The molecule has 1 aromatic carbocycles. The van der Waals surface area contributed by atoms with Crippen molar-refractivity contribution in [2.75, 3.05) is 0 Å². The Balaban J connectivity index is 3.25. The maximum atomic E-state index is 12.7. The highest BCUT2D eigenvalue weighted by molar-refractivity contribution is 6.45. The Kier molecular flexibility index (Phi) is 5.83. The lowest BCUT2D eigenvalue weighted by Gasteiger charge is -2.15. The standard InChI is InChI=1S/C11H8Cl3F3N2O2/c1-2-6(19-18)10(20)21-9-5(12)3-4(11(15,16)17)7(13)8(9)14/h3,6,18H,2H2,1H3. The molecule has 1 aromatic rings. The van der Waals surface area contributed by atoms with Gasteiger partial charge in [0.1, 0.15) is 5.02 Å². The Morgan fingerprint density at radius 2 is 1.95 bits per heavy atom. The molecule has 0 aliphatic rings. The number of hydrogen-bond donors (Lipinski definition) is 1. The highest BCUT2D eigenvalue weighted by Gasteiger charge is 2.36. The average molecular weight is 364 g/mol. The summed E-state index contributed by atoms with van der Waals surface area (Å²) in [7, 11) is 0. The minimum absolute atomic E-state index is 0.173. The minimum atomic E-state index is -4.75. The van der Waals surface area contributed by atoms with Gasteiger partial charge < -0.3 is 4.74 Å². The maximum absolute atomic E-state index is 12.7. The van der Waals surface area contributed by atoms with Gasteiger partial charge in [-0.25, -0.2) is 10.3 Å². The van der Waals surface area contributed by atoms with E-state index in [0.29, 0.717) is 6.07 Å². The molecule has 1 rings (SSSR count). The number of rotatable bonds is 4. The number of ether oxygens (including phenoxy) is 1. The van der Waals surface area contributed by atoms with E-state index in [1.54, 1.807) is 6.92 Å². The van der Waals surface area contributed by atoms with Crippen LogP contribution in [0, 0.1) is 5.53 Å². The van der Waals surface area contributed by atoms with Gasteiger partial charge in [-0.2, -0.15) is 18.3 Å². The normalized spacial score (nSPS) is 12.9. The molecule has 10 heteroatoms. The second kappa shape index (κ2) is 6.81. The fourth-order valence-corrected chi connectivity index (χ4v) is 2.14. The van der Waals surface area contributed by atoms with Gasteiger partial charge in [-0.05, 0) is 12.5 Å². The number of carbonyl (C=O) groups is 1. The van der Waals surface area contributed by atoms with Crippen molar-refractivity contribution >= 4 is 40.8 Å². The fraction of sp³-hybridized carbons (Fsp3) is 0.364. The van der Waals surface area contributed by atoms with E-state index in [1.165, 1.54) is 0 Å². The number of esters is 1. The lowest BCUT2D eigenvalue weighted by Crippen LogP contribution is -2.23. The Hall–Kier alpha value is -1.05. The zero-order valence-electron chi connectivity index (χ0n) is 10.4. The summed E-state index contributed by atoms with van der Waals surface area (Å²) >= 11 is 16.8. The molecule has 0 radical (unpaired) electrons. The van der Waals surface area contributed by atoms with Crippen LogP contribution in [0.3, 0.4) is 0 Å². The zero-order chi connectivity index (χ0) is 16.4. The summed E-state index contributed by atoms with van der Waals surface area (Å²) in [5.74, 6) is -1.46. The molecule has 1 N–H and O–H groups in total. The van der Waals surface area contributed by atoms with Gasteiger partial charge in [0, 0.05) is 0 Å². The van der Waals surface area contributed by atoms with Crippen LogP contribution in [0.5, 0.6) is 5.75 Å². The zero-order valence-corrected chi connectivity index (χ0v) is 12.7. The predicted octanol–water partition coefficient (Wildman–Crippen LogP) is 5.38. The van der Waals surface area contributed by atoms with Crippen LogP contribution in [0.4, 0.5) is 13.2 Å². The van der Waals surface area contributed by atoms with Crippen molar-refractivity contribution in [2.45, 2.75) is 25.6 Å². The third-order valence-corrected chi connectivity index (χ3v) is 3.57. The van der Waals surface area contributed by atoms with Gasteiger partial charge in [0.15, 0.2) is 11.8 Å². The molecule has 0 heterocycles. The first-order valence-electron chi connectivity index (χ1n) is 5.46. The van der Waals surface area contributed by atoms with Crippen LogP contribution in [-0.4, -0.2) is 12.0 Å². The predicted molar refractivity (Wildman–Crippen MR) is 71.3 cm³/mol. The van der Waals surface area contributed by atoms with Crippen LogP contribution in [0.15, 0.2) is 11.2 Å². The summed E-state index contributed by atoms with van der Waals surface area (Å²) in [5, 5.41) is 1.03. The van der Waals surface area contributed by atoms with Crippen LogP contribution in [0.2, 0.25) is 15.1 Å². The molecule has 0 fully saturated rings. The van der Waals surface area contributed by atoms with Crippen molar-refractivity contribution in [3.05, 3.63) is 26.7 Å². The Bertz CT molecular complexity index is 579. The SMILES string of the molecule is CCC(N=N)C(=O)Oc1c(Cl)cc(C(F)(F)F)c(Cl)c1Cl. The molecular weight excluding hydrogens is 355 g/mol. The average Bonchev–Trinajstić information content (AvgIpc) is 2.39. The first kappa shape index (κ1) is 18.0. The molecule has 1 unspecified atom stereocenters. The molecule has 0 saturated heterocycles. The van der Waals surface area contributed by atoms with E-state index in [-0.39, 0.29) is 6.42 Å². The van der Waals surface area contributed by atoms with E-state index in [4.69, 9.17) is 45.1 Å².